The van der Waals surface area contributed by atoms with E-state index in [1.54, 1.807) is 0 Å². The molecule has 226 valence electrons. The molecule has 40 heavy (non-hydrogen) atoms. The lowest BCUT2D eigenvalue weighted by molar-refractivity contribution is -0.141. The maximum Gasteiger partial charge on any atom is 0.335 e. The highest BCUT2D eigenvalue weighted by atomic mass is 16.5. The SMILES string of the molecule is C=C(CO)C(=O)OCC(CCC1CCC(CCCOc2ccc(CCCCC)cc2)CC1)COC(=C)C(C)CO. The number of hydrogen-bond donors (Lipinski definition) is 2. The monoisotopic (exact) mass is 558 g/mol. The standard InChI is InChI=1S/C34H54O6/c1-5-6-7-9-29-17-19-33(20-18-29)38-21-8-10-30-11-13-31(14-12-30)15-16-32(24-39-28(4)26(2)22-35)25-40-34(37)27(3)23-36/h17-20,26,30-32,35-36H,3-16,21-25H2,1-2H3. The van der Waals surface area contributed by atoms with E-state index in [1.807, 2.05) is 6.92 Å². The molecule has 2 rings (SSSR count). The fraction of sp³-hybridized carbons (Fsp3) is 0.676. The van der Waals surface area contributed by atoms with Crippen LogP contribution in [0.4, 0.5) is 0 Å². The van der Waals surface area contributed by atoms with Gasteiger partial charge >= 0.3 is 5.97 Å². The maximum absolute atomic E-state index is 12.0. The van der Waals surface area contributed by atoms with E-state index in [0.717, 1.165) is 44.0 Å². The second-order valence-electron chi connectivity index (χ2n) is 11.6. The molecular weight excluding hydrogens is 504 g/mol. The van der Waals surface area contributed by atoms with Gasteiger partial charge in [-0.25, -0.2) is 4.79 Å². The van der Waals surface area contributed by atoms with Gasteiger partial charge in [0.15, 0.2) is 0 Å². The molecule has 1 aromatic rings. The summed E-state index contributed by atoms with van der Waals surface area (Å²) in [6.07, 6.45) is 14.2. The Kier molecular flexibility index (Phi) is 16.7. The van der Waals surface area contributed by atoms with Crippen molar-refractivity contribution in [1.29, 1.82) is 0 Å². The number of esters is 1. The Hall–Kier alpha value is -2.31. The van der Waals surface area contributed by atoms with Crippen molar-refractivity contribution in [2.24, 2.45) is 23.7 Å². The van der Waals surface area contributed by atoms with Crippen molar-refractivity contribution in [3.63, 3.8) is 0 Å². The molecule has 0 spiro atoms. The zero-order chi connectivity index (χ0) is 29.2. The molecule has 0 amide bonds. The first-order valence-electron chi connectivity index (χ1n) is 15.5. The molecule has 0 aliphatic heterocycles. The summed E-state index contributed by atoms with van der Waals surface area (Å²) in [6, 6.07) is 8.62. The zero-order valence-electron chi connectivity index (χ0n) is 25.1. The molecule has 0 radical (unpaired) electrons. The van der Waals surface area contributed by atoms with Gasteiger partial charge in [0.05, 0.1) is 44.4 Å². The predicted molar refractivity (Wildman–Crippen MR) is 161 cm³/mol. The smallest absolute Gasteiger partial charge is 0.335 e. The molecule has 1 aromatic carbocycles. The Morgan fingerprint density at radius 2 is 1.60 bits per heavy atom. The Morgan fingerprint density at radius 3 is 2.23 bits per heavy atom. The molecule has 6 heteroatoms. The summed E-state index contributed by atoms with van der Waals surface area (Å²) >= 11 is 0. The van der Waals surface area contributed by atoms with Crippen molar-refractivity contribution in [2.75, 3.05) is 33.0 Å². The van der Waals surface area contributed by atoms with E-state index < -0.39 is 12.6 Å². The van der Waals surface area contributed by atoms with Crippen LogP contribution in [0.15, 0.2) is 48.8 Å². The molecule has 1 fully saturated rings. The molecule has 2 N–H and O–H groups in total. The molecular formula is C34H54O6. The lowest BCUT2D eigenvalue weighted by Gasteiger charge is -2.29. The number of aryl methyl sites for hydroxylation is 1. The molecule has 1 saturated carbocycles. The second kappa shape index (κ2) is 19.7. The summed E-state index contributed by atoms with van der Waals surface area (Å²) in [5.41, 5.74) is 1.45. The summed E-state index contributed by atoms with van der Waals surface area (Å²) in [5, 5.41) is 18.5. The number of carbonyl (C=O) groups excluding carboxylic acids is 1. The quantitative estimate of drug-likeness (QED) is 0.0729. The van der Waals surface area contributed by atoms with Crippen LogP contribution in [0.5, 0.6) is 5.75 Å². The zero-order valence-corrected chi connectivity index (χ0v) is 25.1. The summed E-state index contributed by atoms with van der Waals surface area (Å²) < 4.78 is 17.2. The van der Waals surface area contributed by atoms with Crippen LogP contribution in [-0.4, -0.2) is 49.2 Å². The van der Waals surface area contributed by atoms with Crippen LogP contribution >= 0.6 is 0 Å². The molecule has 0 saturated heterocycles. The molecule has 1 aliphatic rings. The summed E-state index contributed by atoms with van der Waals surface area (Å²) in [5.74, 6) is 2.28. The van der Waals surface area contributed by atoms with Gasteiger partial charge in [0.1, 0.15) is 5.75 Å². The molecule has 0 aromatic heterocycles. The van der Waals surface area contributed by atoms with Gasteiger partial charge in [-0.3, -0.25) is 0 Å². The highest BCUT2D eigenvalue weighted by Gasteiger charge is 2.23. The molecule has 2 unspecified atom stereocenters. The lowest BCUT2D eigenvalue weighted by Crippen LogP contribution is -2.23. The third-order valence-electron chi connectivity index (χ3n) is 8.22. The Bertz CT molecular complexity index is 856. The lowest BCUT2D eigenvalue weighted by atomic mass is 9.77. The van der Waals surface area contributed by atoms with E-state index in [4.69, 9.17) is 19.3 Å². The van der Waals surface area contributed by atoms with Gasteiger partial charge in [-0.2, -0.15) is 0 Å². The van der Waals surface area contributed by atoms with Crippen LogP contribution in [-0.2, 0) is 20.7 Å². The summed E-state index contributed by atoms with van der Waals surface area (Å²) in [7, 11) is 0. The largest absolute Gasteiger partial charge is 0.498 e. The van der Waals surface area contributed by atoms with E-state index in [2.05, 4.69) is 44.3 Å². The third-order valence-corrected chi connectivity index (χ3v) is 8.22. The summed E-state index contributed by atoms with van der Waals surface area (Å²) in [6.45, 7) is 12.5. The number of aliphatic hydroxyl groups excluding tert-OH is 2. The molecule has 0 bridgehead atoms. The van der Waals surface area contributed by atoms with E-state index in [-0.39, 0.29) is 30.6 Å². The van der Waals surface area contributed by atoms with Gasteiger partial charge < -0.3 is 24.4 Å². The van der Waals surface area contributed by atoms with Gasteiger partial charge in [0, 0.05) is 11.8 Å². The fourth-order valence-corrected chi connectivity index (χ4v) is 5.22. The van der Waals surface area contributed by atoms with E-state index in [1.165, 1.54) is 56.9 Å². The Morgan fingerprint density at radius 1 is 0.950 bits per heavy atom. The number of unbranched alkanes of at least 4 members (excludes halogenated alkanes) is 2. The number of hydrogen-bond acceptors (Lipinski definition) is 6. The van der Waals surface area contributed by atoms with Crippen LogP contribution in [0.25, 0.3) is 0 Å². The minimum absolute atomic E-state index is 0.0174. The van der Waals surface area contributed by atoms with Crippen molar-refractivity contribution in [3.8, 4) is 5.75 Å². The van der Waals surface area contributed by atoms with Crippen molar-refractivity contribution in [1.82, 2.24) is 0 Å². The van der Waals surface area contributed by atoms with Crippen LogP contribution < -0.4 is 4.74 Å². The van der Waals surface area contributed by atoms with Crippen LogP contribution in [0.1, 0.15) is 90.0 Å². The first-order valence-corrected chi connectivity index (χ1v) is 15.5. The van der Waals surface area contributed by atoms with Gasteiger partial charge in [-0.1, -0.05) is 77.7 Å². The second-order valence-corrected chi connectivity index (χ2v) is 11.6. The van der Waals surface area contributed by atoms with Crippen molar-refractivity contribution in [2.45, 2.75) is 90.9 Å². The van der Waals surface area contributed by atoms with Gasteiger partial charge in [-0.05, 0) is 68.1 Å². The molecule has 0 heterocycles. The van der Waals surface area contributed by atoms with Crippen LogP contribution in [0.2, 0.25) is 0 Å². The highest BCUT2D eigenvalue weighted by molar-refractivity contribution is 5.87. The van der Waals surface area contributed by atoms with E-state index in [9.17, 15) is 9.90 Å². The normalized spacial score (nSPS) is 18.5. The van der Waals surface area contributed by atoms with Gasteiger partial charge in [0.2, 0.25) is 0 Å². The Balaban J connectivity index is 1.67. The topological polar surface area (TPSA) is 85.2 Å². The number of aliphatic hydroxyl groups is 2. The first-order chi connectivity index (χ1) is 19.4. The average molecular weight is 559 g/mol. The number of benzene rings is 1. The first kappa shape index (κ1) is 33.9. The molecule has 1 aliphatic carbocycles. The van der Waals surface area contributed by atoms with Crippen molar-refractivity contribution in [3.05, 3.63) is 54.3 Å². The molecule has 2 atom stereocenters. The summed E-state index contributed by atoms with van der Waals surface area (Å²) in [4.78, 5) is 12.0. The number of rotatable bonds is 21. The highest BCUT2D eigenvalue weighted by Crippen LogP contribution is 2.35. The Labute approximate surface area is 242 Å². The van der Waals surface area contributed by atoms with Crippen LogP contribution in [0.3, 0.4) is 0 Å². The fourth-order valence-electron chi connectivity index (χ4n) is 5.22. The van der Waals surface area contributed by atoms with Crippen molar-refractivity contribution < 1.29 is 29.2 Å². The number of ether oxygens (including phenoxy) is 3. The van der Waals surface area contributed by atoms with Gasteiger partial charge in [0.25, 0.3) is 0 Å². The predicted octanol–water partition coefficient (Wildman–Crippen LogP) is 7.03. The van der Waals surface area contributed by atoms with E-state index >= 15 is 0 Å². The minimum atomic E-state index is -0.570. The van der Waals surface area contributed by atoms with Crippen LogP contribution in [0, 0.1) is 23.7 Å². The minimum Gasteiger partial charge on any atom is -0.498 e. The number of carbonyl (C=O) groups is 1. The maximum atomic E-state index is 12.0. The average Bonchev–Trinajstić information content (AvgIpc) is 2.99. The molecule has 6 nitrogen and oxygen atoms in total. The van der Waals surface area contributed by atoms with Crippen molar-refractivity contribution >= 4 is 5.97 Å². The third kappa shape index (κ3) is 13.4. The van der Waals surface area contributed by atoms with Gasteiger partial charge in [-0.15, -0.1) is 0 Å². The van der Waals surface area contributed by atoms with E-state index in [0.29, 0.717) is 18.3 Å².